The van der Waals surface area contributed by atoms with Gasteiger partial charge in [0, 0.05) is 31.2 Å². The van der Waals surface area contributed by atoms with E-state index in [-0.39, 0.29) is 6.17 Å². The smallest absolute Gasteiger partial charge is 0.216 e. The van der Waals surface area contributed by atoms with E-state index in [1.807, 2.05) is 18.2 Å². The van der Waals surface area contributed by atoms with E-state index in [9.17, 15) is 0 Å². The van der Waals surface area contributed by atoms with Crippen LogP contribution in [-0.4, -0.2) is 77.0 Å². The lowest BCUT2D eigenvalue weighted by atomic mass is 10.1. The van der Waals surface area contributed by atoms with E-state index >= 15 is 0 Å². The lowest BCUT2D eigenvalue weighted by Gasteiger charge is -2.46. The van der Waals surface area contributed by atoms with Crippen LogP contribution in [0.15, 0.2) is 53.5 Å². The first-order valence-electron chi connectivity index (χ1n) is 10.7. The SMILES string of the molecule is CN1CCN(N2CN=C3NC(c4ccc(Cl)cc4)n4c(nc5ccccc54)N3C2)CC1. The van der Waals surface area contributed by atoms with Gasteiger partial charge in [-0.15, -0.1) is 0 Å². The number of para-hydroxylation sites is 2. The molecule has 8 nitrogen and oxygen atoms in total. The average molecular weight is 437 g/mol. The number of aromatic nitrogens is 2. The first-order valence-corrected chi connectivity index (χ1v) is 11.0. The van der Waals surface area contributed by atoms with E-state index in [0.717, 1.165) is 66.4 Å². The molecule has 1 atom stereocenters. The number of hydrazine groups is 1. The van der Waals surface area contributed by atoms with Gasteiger partial charge in [0.1, 0.15) is 12.8 Å². The summed E-state index contributed by atoms with van der Waals surface area (Å²) in [5.41, 5.74) is 3.20. The molecule has 31 heavy (non-hydrogen) atoms. The van der Waals surface area contributed by atoms with Crippen molar-refractivity contribution >= 4 is 34.5 Å². The number of halogens is 1. The minimum absolute atomic E-state index is 0.0927. The highest BCUT2D eigenvalue weighted by Crippen LogP contribution is 2.34. The van der Waals surface area contributed by atoms with Gasteiger partial charge in [-0.05, 0) is 36.9 Å². The minimum atomic E-state index is -0.0927. The number of fused-ring (bicyclic) bond motifs is 5. The van der Waals surface area contributed by atoms with Crippen molar-refractivity contribution in [1.29, 1.82) is 0 Å². The summed E-state index contributed by atoms with van der Waals surface area (Å²) in [6.45, 7) is 5.56. The Kier molecular flexibility index (Phi) is 4.61. The molecule has 3 aliphatic rings. The monoisotopic (exact) mass is 436 g/mol. The average Bonchev–Trinajstić information content (AvgIpc) is 3.19. The maximum atomic E-state index is 6.15. The largest absolute Gasteiger partial charge is 0.331 e. The van der Waals surface area contributed by atoms with Crippen molar-refractivity contribution in [3.8, 4) is 0 Å². The Morgan fingerprint density at radius 2 is 1.74 bits per heavy atom. The van der Waals surface area contributed by atoms with Crippen LogP contribution in [0.25, 0.3) is 11.0 Å². The highest BCUT2D eigenvalue weighted by atomic mass is 35.5. The van der Waals surface area contributed by atoms with Crippen LogP contribution in [0.5, 0.6) is 0 Å². The molecule has 0 spiro atoms. The fraction of sp³-hybridized carbons (Fsp3) is 0.364. The van der Waals surface area contributed by atoms with Gasteiger partial charge in [0.2, 0.25) is 11.9 Å². The van der Waals surface area contributed by atoms with Crippen molar-refractivity contribution < 1.29 is 0 Å². The van der Waals surface area contributed by atoms with E-state index in [1.54, 1.807) is 0 Å². The number of benzene rings is 2. The highest BCUT2D eigenvalue weighted by molar-refractivity contribution is 6.30. The number of nitrogens with one attached hydrogen (secondary N) is 1. The molecule has 0 bridgehead atoms. The molecule has 1 saturated heterocycles. The number of nitrogens with zero attached hydrogens (tertiary/aromatic N) is 7. The molecule has 0 aliphatic carbocycles. The molecule has 3 aromatic rings. The second kappa shape index (κ2) is 7.49. The maximum Gasteiger partial charge on any atom is 0.216 e. The highest BCUT2D eigenvalue weighted by Gasteiger charge is 2.37. The van der Waals surface area contributed by atoms with Crippen LogP contribution >= 0.6 is 11.6 Å². The molecule has 6 rings (SSSR count). The van der Waals surface area contributed by atoms with Gasteiger partial charge in [-0.25, -0.2) is 20.0 Å². The normalized spacial score (nSPS) is 22.7. The third-order valence-corrected chi connectivity index (χ3v) is 6.60. The second-order valence-electron chi connectivity index (χ2n) is 8.32. The van der Waals surface area contributed by atoms with Crippen LogP contribution in [0.3, 0.4) is 0 Å². The Bertz CT molecular complexity index is 1130. The molecule has 1 unspecified atom stereocenters. The van der Waals surface area contributed by atoms with Crippen molar-refractivity contribution in [2.75, 3.05) is 51.5 Å². The summed E-state index contributed by atoms with van der Waals surface area (Å²) in [5, 5.41) is 9.13. The summed E-state index contributed by atoms with van der Waals surface area (Å²) in [7, 11) is 2.18. The fourth-order valence-electron chi connectivity index (χ4n) is 4.59. The Labute approximate surface area is 186 Å². The second-order valence-corrected chi connectivity index (χ2v) is 8.76. The van der Waals surface area contributed by atoms with E-state index < -0.39 is 0 Å². The van der Waals surface area contributed by atoms with Gasteiger partial charge in [-0.3, -0.25) is 9.47 Å². The molecular weight excluding hydrogens is 412 g/mol. The van der Waals surface area contributed by atoms with Crippen LogP contribution in [-0.2, 0) is 0 Å². The van der Waals surface area contributed by atoms with Gasteiger partial charge >= 0.3 is 0 Å². The van der Waals surface area contributed by atoms with E-state index in [1.165, 1.54) is 0 Å². The van der Waals surface area contributed by atoms with Gasteiger partial charge < -0.3 is 10.2 Å². The Balaban J connectivity index is 1.41. The van der Waals surface area contributed by atoms with Gasteiger partial charge in [-0.2, -0.15) is 0 Å². The topological polar surface area (TPSA) is 55.2 Å². The van der Waals surface area contributed by atoms with Crippen LogP contribution in [0.1, 0.15) is 11.7 Å². The number of hydrogen-bond acceptors (Lipinski definition) is 7. The molecule has 0 amide bonds. The number of hydrogen-bond donors (Lipinski definition) is 1. The van der Waals surface area contributed by atoms with Crippen LogP contribution in [0.2, 0.25) is 5.02 Å². The quantitative estimate of drug-likeness (QED) is 0.665. The zero-order valence-electron chi connectivity index (χ0n) is 17.4. The van der Waals surface area contributed by atoms with Crippen molar-refractivity contribution in [3.05, 3.63) is 59.1 Å². The van der Waals surface area contributed by atoms with Gasteiger partial charge in [0.15, 0.2) is 0 Å². The number of guanidine groups is 1. The van der Waals surface area contributed by atoms with E-state index in [2.05, 4.69) is 67.1 Å². The number of rotatable bonds is 2. The summed E-state index contributed by atoms with van der Waals surface area (Å²) in [6.07, 6.45) is -0.0927. The van der Waals surface area contributed by atoms with Crippen molar-refractivity contribution in [3.63, 3.8) is 0 Å². The minimum Gasteiger partial charge on any atom is -0.331 e. The fourth-order valence-corrected chi connectivity index (χ4v) is 4.72. The van der Waals surface area contributed by atoms with Crippen molar-refractivity contribution in [2.24, 2.45) is 4.99 Å². The third kappa shape index (κ3) is 3.27. The zero-order valence-corrected chi connectivity index (χ0v) is 18.2. The maximum absolute atomic E-state index is 6.15. The summed E-state index contributed by atoms with van der Waals surface area (Å²) >= 11 is 6.15. The lowest BCUT2D eigenvalue weighted by molar-refractivity contribution is -0.0528. The summed E-state index contributed by atoms with van der Waals surface area (Å²) in [6, 6.07) is 16.3. The van der Waals surface area contributed by atoms with E-state index in [0.29, 0.717) is 6.67 Å². The summed E-state index contributed by atoms with van der Waals surface area (Å²) in [5.74, 6) is 1.78. The third-order valence-electron chi connectivity index (χ3n) is 6.35. The van der Waals surface area contributed by atoms with Crippen molar-refractivity contribution in [2.45, 2.75) is 6.17 Å². The molecule has 4 heterocycles. The number of imidazole rings is 1. The molecule has 2 aromatic carbocycles. The summed E-state index contributed by atoms with van der Waals surface area (Å²) in [4.78, 5) is 14.5. The Morgan fingerprint density at radius 3 is 2.55 bits per heavy atom. The standard InChI is InChI=1S/C22H25ClN8/c1-27-10-12-28(13-11-27)29-14-24-21-26-20(16-6-8-17(23)9-7-16)31-19-5-3-2-4-18(19)25-22(31)30(21)15-29/h2-9,20H,10-15H2,1H3,(H,24,26). The van der Waals surface area contributed by atoms with E-state index in [4.69, 9.17) is 21.6 Å². The van der Waals surface area contributed by atoms with Crippen molar-refractivity contribution in [1.82, 2.24) is 29.8 Å². The van der Waals surface area contributed by atoms with Gasteiger partial charge in [0.05, 0.1) is 17.7 Å². The molecule has 1 N–H and O–H groups in total. The van der Waals surface area contributed by atoms with Crippen LogP contribution in [0.4, 0.5) is 5.95 Å². The molecule has 160 valence electrons. The molecule has 0 saturated carbocycles. The number of aliphatic imine (C=N–C) groups is 1. The predicted molar refractivity (Wildman–Crippen MR) is 123 cm³/mol. The Hall–Kier alpha value is -2.65. The Morgan fingerprint density at radius 1 is 0.968 bits per heavy atom. The summed E-state index contributed by atoms with van der Waals surface area (Å²) < 4.78 is 2.27. The van der Waals surface area contributed by atoms with Gasteiger partial charge in [0.25, 0.3) is 0 Å². The number of piperazine rings is 1. The molecular formula is C22H25ClN8. The number of likely N-dealkylation sites (N-methyl/N-ethyl adjacent to an activating group) is 1. The van der Waals surface area contributed by atoms with Crippen LogP contribution < -0.4 is 10.2 Å². The molecule has 0 radical (unpaired) electrons. The predicted octanol–water partition coefficient (Wildman–Crippen LogP) is 2.40. The molecule has 9 heteroatoms. The first kappa shape index (κ1) is 19.1. The zero-order chi connectivity index (χ0) is 20.9. The molecule has 3 aliphatic heterocycles. The number of anilines is 1. The van der Waals surface area contributed by atoms with Crippen LogP contribution in [0, 0.1) is 0 Å². The molecule has 1 fully saturated rings. The molecule has 1 aromatic heterocycles. The first-order chi connectivity index (χ1) is 15.2. The van der Waals surface area contributed by atoms with Gasteiger partial charge in [-0.1, -0.05) is 35.9 Å². The lowest BCUT2D eigenvalue weighted by Crippen LogP contribution is -2.62.